The minimum atomic E-state index is -0.479. The van der Waals surface area contributed by atoms with Crippen molar-refractivity contribution in [1.29, 1.82) is 0 Å². The Morgan fingerprint density at radius 1 is 1.24 bits per heavy atom. The molecule has 1 fully saturated rings. The average molecular weight is 350 g/mol. The fourth-order valence-corrected chi connectivity index (χ4v) is 3.03. The molecular formula is C19H30N2O4. The normalized spacial score (nSPS) is 18.5. The molecule has 0 bridgehead atoms. The molecule has 6 nitrogen and oxygen atoms in total. The van der Waals surface area contributed by atoms with Crippen molar-refractivity contribution in [2.45, 2.75) is 39.0 Å². The molecule has 1 amide bonds. The SMILES string of the molecule is COc1cccc(COC(C)C(=O)N2CCCN(C(C)CO)CC2)c1. The number of aliphatic hydroxyl groups excluding tert-OH is 1. The highest BCUT2D eigenvalue weighted by Gasteiger charge is 2.25. The van der Waals surface area contributed by atoms with Crippen molar-refractivity contribution in [3.63, 3.8) is 0 Å². The summed E-state index contributed by atoms with van der Waals surface area (Å²) >= 11 is 0. The van der Waals surface area contributed by atoms with Gasteiger partial charge in [-0.1, -0.05) is 12.1 Å². The van der Waals surface area contributed by atoms with Gasteiger partial charge in [-0.2, -0.15) is 0 Å². The van der Waals surface area contributed by atoms with Crippen LogP contribution in [0.4, 0.5) is 0 Å². The smallest absolute Gasteiger partial charge is 0.251 e. The number of benzene rings is 1. The number of nitrogens with zero attached hydrogens (tertiary/aromatic N) is 2. The maximum atomic E-state index is 12.6. The predicted molar refractivity (Wildman–Crippen MR) is 96.6 cm³/mol. The van der Waals surface area contributed by atoms with Crippen molar-refractivity contribution >= 4 is 5.91 Å². The topological polar surface area (TPSA) is 62.2 Å². The van der Waals surface area contributed by atoms with Gasteiger partial charge in [0.1, 0.15) is 11.9 Å². The van der Waals surface area contributed by atoms with Crippen molar-refractivity contribution in [3.8, 4) is 5.75 Å². The third-order valence-electron chi connectivity index (χ3n) is 4.71. The first kappa shape index (κ1) is 19.7. The van der Waals surface area contributed by atoms with Crippen LogP contribution in [-0.2, 0) is 16.1 Å². The molecule has 1 aromatic rings. The predicted octanol–water partition coefficient (Wildman–Crippen LogP) is 1.52. The Hall–Kier alpha value is -1.63. The van der Waals surface area contributed by atoms with Gasteiger partial charge in [-0.15, -0.1) is 0 Å². The van der Waals surface area contributed by atoms with E-state index < -0.39 is 6.10 Å². The fraction of sp³-hybridized carbons (Fsp3) is 0.632. The van der Waals surface area contributed by atoms with Crippen LogP contribution in [0.25, 0.3) is 0 Å². The molecule has 0 aromatic heterocycles. The molecule has 0 radical (unpaired) electrons. The Morgan fingerprint density at radius 3 is 2.76 bits per heavy atom. The number of amides is 1. The maximum Gasteiger partial charge on any atom is 0.251 e. The summed E-state index contributed by atoms with van der Waals surface area (Å²) in [5.74, 6) is 0.812. The van der Waals surface area contributed by atoms with E-state index in [2.05, 4.69) is 4.90 Å². The lowest BCUT2D eigenvalue weighted by Crippen LogP contribution is -2.42. The summed E-state index contributed by atoms with van der Waals surface area (Å²) < 4.78 is 11.0. The number of carbonyl (C=O) groups is 1. The van der Waals surface area contributed by atoms with Crippen LogP contribution in [-0.4, -0.2) is 72.9 Å². The summed E-state index contributed by atoms with van der Waals surface area (Å²) in [6.45, 7) is 7.45. The highest BCUT2D eigenvalue weighted by Crippen LogP contribution is 2.15. The molecule has 25 heavy (non-hydrogen) atoms. The van der Waals surface area contributed by atoms with Crippen LogP contribution < -0.4 is 4.74 Å². The minimum Gasteiger partial charge on any atom is -0.497 e. The van der Waals surface area contributed by atoms with Crippen LogP contribution in [0.2, 0.25) is 0 Å². The number of ether oxygens (including phenoxy) is 2. The van der Waals surface area contributed by atoms with Crippen LogP contribution in [0.1, 0.15) is 25.8 Å². The molecule has 1 aliphatic rings. The summed E-state index contributed by atoms with van der Waals surface area (Å²) in [5, 5.41) is 9.31. The Balaban J connectivity index is 1.84. The number of rotatable bonds is 7. The average Bonchev–Trinajstić information content (AvgIpc) is 2.91. The van der Waals surface area contributed by atoms with Gasteiger partial charge in [0.15, 0.2) is 0 Å². The Kier molecular flexibility index (Phi) is 7.68. The molecule has 0 saturated carbocycles. The van der Waals surface area contributed by atoms with Gasteiger partial charge >= 0.3 is 0 Å². The van der Waals surface area contributed by atoms with Crippen molar-refractivity contribution in [2.24, 2.45) is 0 Å². The van der Waals surface area contributed by atoms with E-state index in [0.717, 1.165) is 37.4 Å². The number of hydrogen-bond acceptors (Lipinski definition) is 5. The van der Waals surface area contributed by atoms with E-state index in [1.54, 1.807) is 7.11 Å². The molecule has 140 valence electrons. The van der Waals surface area contributed by atoms with Crippen LogP contribution in [0, 0.1) is 0 Å². The van der Waals surface area contributed by atoms with E-state index >= 15 is 0 Å². The first-order valence-corrected chi connectivity index (χ1v) is 8.93. The zero-order valence-corrected chi connectivity index (χ0v) is 15.5. The van der Waals surface area contributed by atoms with E-state index in [9.17, 15) is 9.90 Å². The van der Waals surface area contributed by atoms with Crippen molar-refractivity contribution in [1.82, 2.24) is 9.80 Å². The van der Waals surface area contributed by atoms with Crippen molar-refractivity contribution in [3.05, 3.63) is 29.8 Å². The molecule has 0 spiro atoms. The van der Waals surface area contributed by atoms with Crippen LogP contribution in [0.15, 0.2) is 24.3 Å². The van der Waals surface area contributed by atoms with Gasteiger partial charge in [0, 0.05) is 32.2 Å². The lowest BCUT2D eigenvalue weighted by Gasteiger charge is -2.27. The van der Waals surface area contributed by atoms with Gasteiger partial charge in [-0.25, -0.2) is 0 Å². The van der Waals surface area contributed by atoms with E-state index in [1.165, 1.54) is 0 Å². The molecule has 6 heteroatoms. The second-order valence-electron chi connectivity index (χ2n) is 6.55. The Morgan fingerprint density at radius 2 is 2.04 bits per heavy atom. The molecule has 2 rings (SSSR count). The number of carbonyl (C=O) groups excluding carboxylic acids is 1. The highest BCUT2D eigenvalue weighted by molar-refractivity contribution is 5.80. The maximum absolute atomic E-state index is 12.6. The largest absolute Gasteiger partial charge is 0.497 e. The van der Waals surface area contributed by atoms with Crippen LogP contribution in [0.5, 0.6) is 5.75 Å². The lowest BCUT2D eigenvalue weighted by molar-refractivity contribution is -0.143. The summed E-state index contributed by atoms with van der Waals surface area (Å²) in [7, 11) is 1.63. The molecule has 1 heterocycles. The molecule has 1 aromatic carbocycles. The van der Waals surface area contributed by atoms with Crippen molar-refractivity contribution in [2.75, 3.05) is 39.9 Å². The first-order chi connectivity index (χ1) is 12.0. The molecule has 1 aliphatic heterocycles. The number of hydrogen-bond donors (Lipinski definition) is 1. The van der Waals surface area contributed by atoms with Gasteiger partial charge in [-0.3, -0.25) is 9.69 Å². The first-order valence-electron chi connectivity index (χ1n) is 8.93. The van der Waals surface area contributed by atoms with Crippen LogP contribution >= 0.6 is 0 Å². The second kappa shape index (κ2) is 9.75. The zero-order chi connectivity index (χ0) is 18.2. The number of aliphatic hydroxyl groups is 1. The standard InChI is InChI=1S/C19H30N2O4/c1-15(13-22)20-8-5-9-21(11-10-20)19(23)16(2)25-14-17-6-4-7-18(12-17)24-3/h4,6-7,12,15-16,22H,5,8-11,13-14H2,1-3H3. The molecule has 2 atom stereocenters. The molecule has 0 aliphatic carbocycles. The van der Waals surface area contributed by atoms with Crippen LogP contribution in [0.3, 0.4) is 0 Å². The minimum absolute atomic E-state index is 0.0291. The van der Waals surface area contributed by atoms with E-state index in [1.807, 2.05) is 43.0 Å². The van der Waals surface area contributed by atoms with Gasteiger partial charge in [0.25, 0.3) is 5.91 Å². The second-order valence-corrected chi connectivity index (χ2v) is 6.55. The molecule has 2 unspecified atom stereocenters. The summed E-state index contributed by atoms with van der Waals surface area (Å²) in [6, 6.07) is 7.80. The third-order valence-corrected chi connectivity index (χ3v) is 4.71. The molecular weight excluding hydrogens is 320 g/mol. The Bertz CT molecular complexity index is 552. The highest BCUT2D eigenvalue weighted by atomic mass is 16.5. The zero-order valence-electron chi connectivity index (χ0n) is 15.5. The van der Waals surface area contributed by atoms with Crippen molar-refractivity contribution < 1.29 is 19.4 Å². The fourth-order valence-electron chi connectivity index (χ4n) is 3.03. The van der Waals surface area contributed by atoms with E-state index in [-0.39, 0.29) is 18.6 Å². The van der Waals surface area contributed by atoms with Gasteiger partial charge in [-0.05, 0) is 38.0 Å². The van der Waals surface area contributed by atoms with Gasteiger partial charge in [0.05, 0.1) is 20.3 Å². The summed E-state index contributed by atoms with van der Waals surface area (Å²) in [4.78, 5) is 16.8. The quantitative estimate of drug-likeness (QED) is 0.808. The molecule has 1 saturated heterocycles. The Labute approximate surface area is 150 Å². The summed E-state index contributed by atoms with van der Waals surface area (Å²) in [6.07, 6.45) is 0.437. The van der Waals surface area contributed by atoms with Gasteiger partial charge < -0.3 is 19.5 Å². The molecule has 1 N–H and O–H groups in total. The van der Waals surface area contributed by atoms with Gasteiger partial charge in [0.2, 0.25) is 0 Å². The number of methoxy groups -OCH3 is 1. The third kappa shape index (κ3) is 5.70. The van der Waals surface area contributed by atoms with E-state index in [0.29, 0.717) is 13.2 Å². The summed E-state index contributed by atoms with van der Waals surface area (Å²) in [5.41, 5.74) is 0.984. The lowest BCUT2D eigenvalue weighted by atomic mass is 10.2. The monoisotopic (exact) mass is 350 g/mol. The van der Waals surface area contributed by atoms with E-state index in [4.69, 9.17) is 9.47 Å².